The molecule has 2 fully saturated rings. The molecule has 19 heavy (non-hydrogen) atoms. The van der Waals surface area contributed by atoms with Gasteiger partial charge in [0.1, 0.15) is 0 Å². The first-order chi connectivity index (χ1) is 8.97. The van der Waals surface area contributed by atoms with E-state index in [1.807, 2.05) is 0 Å². The number of fused-ring (bicyclic) bond motifs is 1. The lowest BCUT2D eigenvalue weighted by Crippen LogP contribution is -2.34. The third-order valence-electron chi connectivity index (χ3n) is 3.09. The van der Waals surface area contributed by atoms with Crippen molar-refractivity contribution in [3.63, 3.8) is 0 Å². The van der Waals surface area contributed by atoms with E-state index in [0.29, 0.717) is 0 Å². The van der Waals surface area contributed by atoms with Gasteiger partial charge in [-0.1, -0.05) is 0 Å². The zero-order chi connectivity index (χ0) is 13.7. The van der Waals surface area contributed by atoms with Gasteiger partial charge in [-0.2, -0.15) is 4.98 Å². The highest BCUT2D eigenvalue weighted by molar-refractivity contribution is 5.63. The van der Waals surface area contributed by atoms with Crippen LogP contribution in [-0.2, 0) is 14.2 Å². The fraction of sp³-hybridized carbons (Fsp3) is 0.500. The van der Waals surface area contributed by atoms with E-state index in [1.165, 1.54) is 0 Å². The number of carbonyl (C=O) groups is 1. The van der Waals surface area contributed by atoms with Crippen molar-refractivity contribution >= 4 is 12.0 Å². The van der Waals surface area contributed by atoms with Gasteiger partial charge in [0.05, 0.1) is 12.3 Å². The molecule has 0 saturated carbocycles. The van der Waals surface area contributed by atoms with Crippen LogP contribution in [0.3, 0.4) is 0 Å². The standard InChI is InChI=1S/C10H10FN3O5/c1-3-5-6(19-10(16)18-5)8(17-3)14-2-4(11)7(12)13-9(14)15/h2-3,5-6,8H,1H3,(H2,12,13,15)/t3?,5?,6-,8-/m1/s1. The number of nitrogens with zero attached hydrogens (tertiary/aromatic N) is 2. The molecule has 2 aliphatic heterocycles. The number of hydrogen-bond acceptors (Lipinski definition) is 7. The van der Waals surface area contributed by atoms with Crippen molar-refractivity contribution in [2.24, 2.45) is 0 Å². The molecule has 2 unspecified atom stereocenters. The van der Waals surface area contributed by atoms with Gasteiger partial charge in [-0.25, -0.2) is 14.0 Å². The van der Waals surface area contributed by atoms with Crippen molar-refractivity contribution < 1.29 is 23.4 Å². The number of anilines is 1. The molecule has 2 saturated heterocycles. The Balaban J connectivity index is 2.01. The van der Waals surface area contributed by atoms with Crippen LogP contribution in [0.1, 0.15) is 13.2 Å². The van der Waals surface area contributed by atoms with Gasteiger partial charge in [0, 0.05) is 0 Å². The molecule has 3 heterocycles. The molecule has 0 aliphatic carbocycles. The third kappa shape index (κ3) is 1.73. The lowest BCUT2D eigenvalue weighted by molar-refractivity contribution is -0.0524. The molecule has 2 N–H and O–H groups in total. The number of ether oxygens (including phenoxy) is 3. The molecule has 0 amide bonds. The van der Waals surface area contributed by atoms with Gasteiger partial charge in [-0.3, -0.25) is 4.57 Å². The summed E-state index contributed by atoms with van der Waals surface area (Å²) >= 11 is 0. The number of aromatic nitrogens is 2. The minimum absolute atomic E-state index is 0.478. The van der Waals surface area contributed by atoms with E-state index in [2.05, 4.69) is 4.98 Å². The van der Waals surface area contributed by atoms with Crippen LogP contribution in [-0.4, -0.2) is 34.0 Å². The zero-order valence-corrected chi connectivity index (χ0v) is 9.78. The van der Waals surface area contributed by atoms with E-state index < -0.39 is 48.0 Å². The van der Waals surface area contributed by atoms with Crippen molar-refractivity contribution in [1.29, 1.82) is 0 Å². The molecule has 0 spiro atoms. The molecule has 0 bridgehead atoms. The maximum atomic E-state index is 13.4. The summed E-state index contributed by atoms with van der Waals surface area (Å²) < 4.78 is 29.6. The predicted molar refractivity (Wildman–Crippen MR) is 57.6 cm³/mol. The summed E-state index contributed by atoms with van der Waals surface area (Å²) in [5.74, 6) is -1.35. The highest BCUT2D eigenvalue weighted by Gasteiger charge is 2.53. The first kappa shape index (κ1) is 11.9. The van der Waals surface area contributed by atoms with E-state index >= 15 is 0 Å². The first-order valence-corrected chi connectivity index (χ1v) is 5.54. The lowest BCUT2D eigenvalue weighted by atomic mass is 10.1. The van der Waals surface area contributed by atoms with Crippen LogP contribution < -0.4 is 11.4 Å². The second-order valence-electron chi connectivity index (χ2n) is 4.31. The number of nitrogen functional groups attached to an aromatic ring is 1. The van der Waals surface area contributed by atoms with E-state index in [4.69, 9.17) is 19.9 Å². The molecule has 102 valence electrons. The molecule has 4 atom stereocenters. The van der Waals surface area contributed by atoms with Gasteiger partial charge < -0.3 is 19.9 Å². The number of carbonyl (C=O) groups excluding carboxylic acids is 1. The van der Waals surface area contributed by atoms with Crippen LogP contribution in [0.5, 0.6) is 0 Å². The molecule has 1 aromatic heterocycles. The van der Waals surface area contributed by atoms with Gasteiger partial charge in [-0.05, 0) is 6.92 Å². The molecule has 3 rings (SSSR count). The Morgan fingerprint density at radius 1 is 1.37 bits per heavy atom. The quantitative estimate of drug-likeness (QED) is 0.704. The van der Waals surface area contributed by atoms with Crippen molar-refractivity contribution in [3.8, 4) is 0 Å². The molecule has 0 aromatic carbocycles. The van der Waals surface area contributed by atoms with Gasteiger partial charge in [0.2, 0.25) is 0 Å². The van der Waals surface area contributed by atoms with E-state index in [9.17, 15) is 14.0 Å². The van der Waals surface area contributed by atoms with Gasteiger partial charge >= 0.3 is 11.8 Å². The third-order valence-corrected chi connectivity index (χ3v) is 3.09. The van der Waals surface area contributed by atoms with Gasteiger partial charge in [0.15, 0.2) is 30.1 Å². The lowest BCUT2D eigenvalue weighted by Gasteiger charge is -2.17. The fourth-order valence-corrected chi connectivity index (χ4v) is 2.21. The Bertz CT molecular complexity index is 603. The summed E-state index contributed by atoms with van der Waals surface area (Å²) in [6, 6.07) is 0. The highest BCUT2D eigenvalue weighted by Crippen LogP contribution is 2.36. The average molecular weight is 271 g/mol. The first-order valence-electron chi connectivity index (χ1n) is 5.54. The van der Waals surface area contributed by atoms with Gasteiger partial charge in [0.25, 0.3) is 0 Å². The predicted octanol–water partition coefficient (Wildman–Crippen LogP) is -0.214. The number of rotatable bonds is 1. The summed E-state index contributed by atoms with van der Waals surface area (Å²) in [4.78, 5) is 26.1. The van der Waals surface area contributed by atoms with Crippen molar-refractivity contribution in [1.82, 2.24) is 9.55 Å². The topological polar surface area (TPSA) is 106 Å². The SMILES string of the molecule is CC1O[C@@H](n2cc(F)c(N)nc2=O)[C@@H]2OC(=O)OC12. The van der Waals surface area contributed by atoms with Crippen molar-refractivity contribution in [2.45, 2.75) is 31.5 Å². The van der Waals surface area contributed by atoms with E-state index in [-0.39, 0.29) is 0 Å². The number of nitrogens with two attached hydrogens (primary N) is 1. The summed E-state index contributed by atoms with van der Waals surface area (Å²) in [6.45, 7) is 1.66. The monoisotopic (exact) mass is 271 g/mol. The Kier molecular flexibility index (Phi) is 2.45. The minimum atomic E-state index is -0.985. The Morgan fingerprint density at radius 3 is 2.79 bits per heavy atom. The molecule has 8 nitrogen and oxygen atoms in total. The summed E-state index contributed by atoms with van der Waals surface area (Å²) in [5, 5.41) is 0. The van der Waals surface area contributed by atoms with E-state index in [1.54, 1.807) is 6.92 Å². The normalized spacial score (nSPS) is 32.8. The maximum absolute atomic E-state index is 13.4. The van der Waals surface area contributed by atoms with Crippen LogP contribution in [0.25, 0.3) is 0 Å². The largest absolute Gasteiger partial charge is 0.509 e. The van der Waals surface area contributed by atoms with E-state index in [0.717, 1.165) is 10.8 Å². The Labute approximate surface area is 105 Å². The van der Waals surface area contributed by atoms with Crippen molar-refractivity contribution in [2.75, 3.05) is 5.73 Å². The molecule has 2 aliphatic rings. The molecular weight excluding hydrogens is 261 g/mol. The Morgan fingerprint density at radius 2 is 2.05 bits per heavy atom. The van der Waals surface area contributed by atoms with Gasteiger partial charge in [-0.15, -0.1) is 0 Å². The fourth-order valence-electron chi connectivity index (χ4n) is 2.21. The number of hydrogen-bond donors (Lipinski definition) is 1. The molecule has 9 heteroatoms. The smallest absolute Gasteiger partial charge is 0.424 e. The second kappa shape index (κ2) is 3.92. The molecule has 1 aromatic rings. The highest BCUT2D eigenvalue weighted by atomic mass is 19.1. The maximum Gasteiger partial charge on any atom is 0.509 e. The van der Waals surface area contributed by atoms with Crippen molar-refractivity contribution in [3.05, 3.63) is 22.5 Å². The van der Waals surface area contributed by atoms with Crippen LogP contribution in [0.15, 0.2) is 11.0 Å². The minimum Gasteiger partial charge on any atom is -0.424 e. The molecule has 0 radical (unpaired) electrons. The summed E-state index contributed by atoms with van der Waals surface area (Å²) in [7, 11) is 0. The second-order valence-corrected chi connectivity index (χ2v) is 4.31. The van der Waals surface area contributed by atoms with Crippen LogP contribution in [0.2, 0.25) is 0 Å². The van der Waals surface area contributed by atoms with Crippen LogP contribution in [0.4, 0.5) is 15.0 Å². The Hall–Kier alpha value is -2.16. The zero-order valence-electron chi connectivity index (χ0n) is 9.78. The van der Waals surface area contributed by atoms with Crippen LogP contribution >= 0.6 is 0 Å². The van der Waals surface area contributed by atoms with Crippen LogP contribution in [0, 0.1) is 5.82 Å². The number of halogens is 1. The average Bonchev–Trinajstić information content (AvgIpc) is 2.84. The summed E-state index contributed by atoms with van der Waals surface area (Å²) in [6.07, 6.45) is -2.88. The summed E-state index contributed by atoms with van der Waals surface area (Å²) in [5.41, 5.74) is 4.40. The molecular formula is C10H10FN3O5.